The minimum atomic E-state index is 0.487. The van der Waals surface area contributed by atoms with Crippen LogP contribution in [0, 0.1) is 0 Å². The second kappa shape index (κ2) is 5.57. The van der Waals surface area contributed by atoms with E-state index in [0.29, 0.717) is 11.7 Å². The first kappa shape index (κ1) is 13.5. The molecule has 2 aromatic rings. The number of ether oxygens (including phenoxy) is 1. The van der Waals surface area contributed by atoms with Gasteiger partial charge < -0.3 is 15.4 Å². The average molecular weight is 300 g/mol. The predicted octanol–water partition coefficient (Wildman–Crippen LogP) is 1.17. The molecular weight excluding hydrogens is 280 g/mol. The number of anilines is 2. The molecule has 22 heavy (non-hydrogen) atoms. The molecule has 0 aromatic carbocycles. The lowest BCUT2D eigenvalue weighted by Crippen LogP contribution is -2.35. The van der Waals surface area contributed by atoms with Crippen molar-refractivity contribution in [3.05, 3.63) is 29.7 Å². The first-order valence-electron chi connectivity index (χ1n) is 7.77. The lowest BCUT2D eigenvalue weighted by atomic mass is 9.96. The average Bonchev–Trinajstić information content (AvgIpc) is 2.95. The molecule has 1 fully saturated rings. The molecule has 7 heteroatoms. The van der Waals surface area contributed by atoms with Crippen molar-refractivity contribution in [1.82, 2.24) is 19.7 Å². The van der Waals surface area contributed by atoms with Crippen LogP contribution in [0.2, 0.25) is 0 Å². The molecule has 116 valence electrons. The Kier molecular flexibility index (Phi) is 3.42. The number of hydrogen-bond acceptors (Lipinski definition) is 6. The Hall–Kier alpha value is -2.15. The third-order valence-corrected chi connectivity index (χ3v) is 4.40. The van der Waals surface area contributed by atoms with Gasteiger partial charge in [-0.15, -0.1) is 0 Å². The number of rotatable bonds is 2. The van der Waals surface area contributed by atoms with E-state index in [9.17, 15) is 0 Å². The van der Waals surface area contributed by atoms with E-state index in [0.717, 1.165) is 63.0 Å². The van der Waals surface area contributed by atoms with Crippen molar-refractivity contribution in [2.75, 3.05) is 30.4 Å². The van der Waals surface area contributed by atoms with Crippen LogP contribution >= 0.6 is 0 Å². The monoisotopic (exact) mass is 300 g/mol. The number of nitrogens with two attached hydrogens (primary N) is 1. The number of nitrogen functional groups attached to an aromatic ring is 1. The van der Waals surface area contributed by atoms with Crippen molar-refractivity contribution in [2.45, 2.75) is 31.8 Å². The third-order valence-electron chi connectivity index (χ3n) is 4.40. The molecule has 2 aliphatic rings. The normalized spacial score (nSPS) is 19.2. The minimum Gasteiger partial charge on any atom is -0.382 e. The molecule has 0 amide bonds. The Balaban J connectivity index is 1.55. The van der Waals surface area contributed by atoms with Crippen LogP contribution in [0.3, 0.4) is 0 Å². The summed E-state index contributed by atoms with van der Waals surface area (Å²) in [4.78, 5) is 11.5. The van der Waals surface area contributed by atoms with Crippen molar-refractivity contribution in [2.24, 2.45) is 0 Å². The molecule has 4 rings (SSSR count). The molecular formula is C15H20N6O. The molecule has 0 radical (unpaired) electrons. The highest BCUT2D eigenvalue weighted by molar-refractivity contribution is 5.37. The van der Waals surface area contributed by atoms with Gasteiger partial charge in [0.2, 0.25) is 5.95 Å². The molecule has 0 spiro atoms. The van der Waals surface area contributed by atoms with Gasteiger partial charge in [0.15, 0.2) is 0 Å². The largest absolute Gasteiger partial charge is 0.382 e. The molecule has 0 atom stereocenters. The van der Waals surface area contributed by atoms with E-state index < -0.39 is 0 Å². The van der Waals surface area contributed by atoms with Gasteiger partial charge in [-0.3, -0.25) is 4.68 Å². The zero-order valence-corrected chi connectivity index (χ0v) is 12.5. The Bertz CT molecular complexity index is 664. The summed E-state index contributed by atoms with van der Waals surface area (Å²) in [5.74, 6) is 1.87. The van der Waals surface area contributed by atoms with Gasteiger partial charge in [-0.05, 0) is 18.9 Å². The van der Waals surface area contributed by atoms with Gasteiger partial charge in [0, 0.05) is 43.6 Å². The summed E-state index contributed by atoms with van der Waals surface area (Å²) < 4.78 is 7.40. The number of aromatic nitrogens is 4. The summed E-state index contributed by atoms with van der Waals surface area (Å²) in [5, 5.41) is 4.28. The lowest BCUT2D eigenvalue weighted by Gasteiger charge is -2.28. The second-order valence-corrected chi connectivity index (χ2v) is 5.87. The van der Waals surface area contributed by atoms with Gasteiger partial charge in [0.05, 0.1) is 18.8 Å². The van der Waals surface area contributed by atoms with E-state index in [1.165, 1.54) is 0 Å². The third kappa shape index (κ3) is 2.52. The fourth-order valence-electron chi connectivity index (χ4n) is 3.19. The summed E-state index contributed by atoms with van der Waals surface area (Å²) in [6, 6.07) is 3.96. The van der Waals surface area contributed by atoms with E-state index in [1.54, 1.807) is 0 Å². The van der Waals surface area contributed by atoms with Crippen LogP contribution in [-0.2, 0) is 17.8 Å². The SMILES string of the molecule is Nc1cc2n(n1)CCN(c1nccc(C3CCOCC3)n1)C2. The Morgan fingerprint density at radius 2 is 2.09 bits per heavy atom. The highest BCUT2D eigenvalue weighted by Gasteiger charge is 2.22. The van der Waals surface area contributed by atoms with Crippen molar-refractivity contribution in [3.8, 4) is 0 Å². The van der Waals surface area contributed by atoms with Crippen molar-refractivity contribution < 1.29 is 4.74 Å². The van der Waals surface area contributed by atoms with Crippen LogP contribution < -0.4 is 10.6 Å². The van der Waals surface area contributed by atoms with Gasteiger partial charge in [0.25, 0.3) is 0 Å². The van der Waals surface area contributed by atoms with Crippen LogP contribution in [0.1, 0.15) is 30.1 Å². The molecule has 0 saturated carbocycles. The number of fused-ring (bicyclic) bond motifs is 1. The molecule has 2 N–H and O–H groups in total. The van der Waals surface area contributed by atoms with E-state index in [2.05, 4.69) is 15.0 Å². The van der Waals surface area contributed by atoms with Gasteiger partial charge in [-0.2, -0.15) is 5.10 Å². The fraction of sp³-hybridized carbons (Fsp3) is 0.533. The first-order chi connectivity index (χ1) is 10.8. The predicted molar refractivity (Wildman–Crippen MR) is 82.5 cm³/mol. The van der Waals surface area contributed by atoms with Crippen LogP contribution in [0.4, 0.5) is 11.8 Å². The summed E-state index contributed by atoms with van der Waals surface area (Å²) in [6.45, 7) is 4.07. The lowest BCUT2D eigenvalue weighted by molar-refractivity contribution is 0.0845. The maximum Gasteiger partial charge on any atom is 0.225 e. The first-order valence-corrected chi connectivity index (χ1v) is 7.77. The summed E-state index contributed by atoms with van der Waals surface area (Å²) in [7, 11) is 0. The van der Waals surface area contributed by atoms with Gasteiger partial charge in [0.1, 0.15) is 5.82 Å². The van der Waals surface area contributed by atoms with Gasteiger partial charge in [-0.25, -0.2) is 9.97 Å². The summed E-state index contributed by atoms with van der Waals surface area (Å²) in [6.07, 6.45) is 3.95. The quantitative estimate of drug-likeness (QED) is 0.896. The molecule has 2 aliphatic heterocycles. The van der Waals surface area contributed by atoms with Crippen LogP contribution in [0.25, 0.3) is 0 Å². The van der Waals surface area contributed by atoms with Gasteiger partial charge >= 0.3 is 0 Å². The molecule has 0 unspecified atom stereocenters. The van der Waals surface area contributed by atoms with E-state index in [1.807, 2.05) is 23.0 Å². The standard InChI is InChI=1S/C15H20N6O/c16-14-9-12-10-20(5-6-21(12)19-14)15-17-4-1-13(18-15)11-2-7-22-8-3-11/h1,4,9,11H,2-3,5-8,10H2,(H2,16,19). The number of nitrogens with zero attached hydrogens (tertiary/aromatic N) is 5. The molecule has 4 heterocycles. The van der Waals surface area contributed by atoms with Crippen molar-refractivity contribution >= 4 is 11.8 Å². The fourth-order valence-corrected chi connectivity index (χ4v) is 3.19. The van der Waals surface area contributed by atoms with Crippen LogP contribution in [0.5, 0.6) is 0 Å². The van der Waals surface area contributed by atoms with Crippen molar-refractivity contribution in [3.63, 3.8) is 0 Å². The van der Waals surface area contributed by atoms with Crippen LogP contribution in [0.15, 0.2) is 18.3 Å². The molecule has 0 aliphatic carbocycles. The molecule has 0 bridgehead atoms. The molecule has 1 saturated heterocycles. The van der Waals surface area contributed by atoms with E-state index >= 15 is 0 Å². The maximum absolute atomic E-state index is 5.77. The Morgan fingerprint density at radius 1 is 1.23 bits per heavy atom. The smallest absolute Gasteiger partial charge is 0.225 e. The number of hydrogen-bond donors (Lipinski definition) is 1. The summed E-state index contributed by atoms with van der Waals surface area (Å²) in [5.41, 5.74) is 8.02. The Morgan fingerprint density at radius 3 is 2.95 bits per heavy atom. The Labute approximate surface area is 129 Å². The van der Waals surface area contributed by atoms with Crippen LogP contribution in [-0.4, -0.2) is 39.5 Å². The summed E-state index contributed by atoms with van der Waals surface area (Å²) >= 11 is 0. The highest BCUT2D eigenvalue weighted by atomic mass is 16.5. The van der Waals surface area contributed by atoms with Gasteiger partial charge in [-0.1, -0.05) is 0 Å². The van der Waals surface area contributed by atoms with Crippen molar-refractivity contribution in [1.29, 1.82) is 0 Å². The topological polar surface area (TPSA) is 82.1 Å². The van der Waals surface area contributed by atoms with E-state index in [4.69, 9.17) is 15.5 Å². The second-order valence-electron chi connectivity index (χ2n) is 5.87. The molecule has 2 aromatic heterocycles. The minimum absolute atomic E-state index is 0.487. The molecule has 7 nitrogen and oxygen atoms in total. The highest BCUT2D eigenvalue weighted by Crippen LogP contribution is 2.27. The van der Waals surface area contributed by atoms with E-state index in [-0.39, 0.29) is 0 Å². The maximum atomic E-state index is 5.77. The zero-order valence-electron chi connectivity index (χ0n) is 12.5. The zero-order chi connectivity index (χ0) is 14.9.